The van der Waals surface area contributed by atoms with Gasteiger partial charge in [0.15, 0.2) is 0 Å². The molecule has 1 spiro atoms. The van der Waals surface area contributed by atoms with Gasteiger partial charge in [0.1, 0.15) is 0 Å². The second kappa shape index (κ2) is 11.0. The number of para-hydroxylation sites is 1. The molecule has 0 saturated carbocycles. The van der Waals surface area contributed by atoms with Crippen molar-refractivity contribution in [1.29, 1.82) is 0 Å². The number of benzene rings is 1. The number of methoxy groups -OCH3 is 1. The first-order valence-corrected chi connectivity index (χ1v) is 11.8. The fourth-order valence-electron chi connectivity index (χ4n) is 5.51. The van der Waals surface area contributed by atoms with E-state index in [4.69, 9.17) is 14.6 Å². The number of rotatable bonds is 4. The van der Waals surface area contributed by atoms with Crippen molar-refractivity contribution in [3.63, 3.8) is 0 Å². The molecule has 12 heteroatoms. The van der Waals surface area contributed by atoms with Crippen molar-refractivity contribution in [2.24, 2.45) is 11.8 Å². The number of amides is 3. The summed E-state index contributed by atoms with van der Waals surface area (Å²) >= 11 is 0. The van der Waals surface area contributed by atoms with E-state index in [0.29, 0.717) is 25.6 Å². The van der Waals surface area contributed by atoms with Crippen molar-refractivity contribution < 1.29 is 37.4 Å². The molecular weight excluding hydrogens is 481 g/mol. The van der Waals surface area contributed by atoms with E-state index in [-0.39, 0.29) is 23.4 Å². The van der Waals surface area contributed by atoms with E-state index in [9.17, 15) is 22.8 Å². The lowest BCUT2D eigenvalue weighted by atomic mass is 9.75. The van der Waals surface area contributed by atoms with Crippen LogP contribution in [0.15, 0.2) is 24.3 Å². The van der Waals surface area contributed by atoms with Crippen LogP contribution in [0, 0.1) is 18.8 Å². The van der Waals surface area contributed by atoms with Crippen LogP contribution in [0.3, 0.4) is 0 Å². The molecule has 3 aliphatic heterocycles. The fourth-order valence-corrected chi connectivity index (χ4v) is 5.51. The van der Waals surface area contributed by atoms with Gasteiger partial charge < -0.3 is 25.0 Å². The molecule has 0 unspecified atom stereocenters. The maximum absolute atomic E-state index is 12.9. The number of hydrogen-bond donors (Lipinski definition) is 2. The largest absolute Gasteiger partial charge is 0.490 e. The number of carboxylic acids is 1. The predicted molar refractivity (Wildman–Crippen MR) is 125 cm³/mol. The van der Waals surface area contributed by atoms with Gasteiger partial charge in [0.25, 0.3) is 0 Å². The Kier molecular flexibility index (Phi) is 8.50. The average molecular weight is 515 g/mol. The summed E-state index contributed by atoms with van der Waals surface area (Å²) in [5.41, 5.74) is 1.79. The van der Waals surface area contributed by atoms with E-state index in [1.54, 1.807) is 7.11 Å². The van der Waals surface area contributed by atoms with E-state index in [2.05, 4.69) is 10.2 Å². The second-order valence-electron chi connectivity index (χ2n) is 9.50. The number of ether oxygens (including phenoxy) is 1. The lowest BCUT2D eigenvalue weighted by molar-refractivity contribution is -0.192. The molecule has 3 aliphatic rings. The zero-order valence-electron chi connectivity index (χ0n) is 20.7. The van der Waals surface area contributed by atoms with Crippen LogP contribution in [0.1, 0.15) is 18.4 Å². The molecule has 4 rings (SSSR count). The van der Waals surface area contributed by atoms with Crippen molar-refractivity contribution in [3.05, 3.63) is 29.8 Å². The molecular formula is C24H33F3N4O5. The number of carbonyl (C=O) groups is 3. The van der Waals surface area contributed by atoms with Gasteiger partial charge in [-0.2, -0.15) is 13.2 Å². The number of carboxylic acid groups (broad SMARTS) is 1. The van der Waals surface area contributed by atoms with E-state index in [1.165, 1.54) is 0 Å². The van der Waals surface area contributed by atoms with E-state index < -0.39 is 12.1 Å². The van der Waals surface area contributed by atoms with Crippen LogP contribution in [0.4, 0.5) is 23.7 Å². The first kappa shape index (κ1) is 27.7. The van der Waals surface area contributed by atoms with Gasteiger partial charge >= 0.3 is 18.2 Å². The quantitative estimate of drug-likeness (QED) is 0.641. The van der Waals surface area contributed by atoms with Crippen LogP contribution in [0.5, 0.6) is 0 Å². The van der Waals surface area contributed by atoms with Gasteiger partial charge in [-0.05, 0) is 31.4 Å². The van der Waals surface area contributed by atoms with Crippen LogP contribution in [-0.4, -0.2) is 103 Å². The lowest BCUT2D eigenvalue weighted by Gasteiger charge is -2.46. The Bertz CT molecular complexity index is 965. The van der Waals surface area contributed by atoms with Crippen molar-refractivity contribution in [1.82, 2.24) is 14.7 Å². The molecule has 2 N–H and O–H groups in total. The third kappa shape index (κ3) is 5.75. The van der Waals surface area contributed by atoms with Crippen LogP contribution < -0.4 is 5.32 Å². The number of alkyl halides is 3. The number of fused-ring (bicyclic) bond motifs is 2. The molecule has 2 atom stereocenters. The number of aryl methyl sites for hydroxylation is 1. The molecule has 200 valence electrons. The van der Waals surface area contributed by atoms with Crippen LogP contribution in [-0.2, 0) is 14.3 Å². The number of urea groups is 1. The molecule has 0 bridgehead atoms. The van der Waals surface area contributed by atoms with Crippen LogP contribution >= 0.6 is 0 Å². The molecule has 1 aromatic carbocycles. The molecule has 0 aliphatic carbocycles. The first-order valence-electron chi connectivity index (χ1n) is 11.8. The SMILES string of the molecule is COCCN1C[C@@H]2C(=O)N(C)C3(CCN(C(=O)Nc4ccccc4C)CC3)[C@@H]2C1.O=C(O)C(F)(F)F. The number of carbonyl (C=O) groups excluding carboxylic acids is 2. The highest BCUT2D eigenvalue weighted by molar-refractivity contribution is 5.90. The topological polar surface area (TPSA) is 102 Å². The molecule has 0 radical (unpaired) electrons. The van der Waals surface area contributed by atoms with Crippen molar-refractivity contribution in [2.75, 3.05) is 58.8 Å². The highest BCUT2D eigenvalue weighted by Crippen LogP contribution is 2.48. The standard InChI is InChI=1S/C22H32N4O3.C2HF3O2/c1-16-6-4-5-7-19(16)23-21(28)26-10-8-22(9-11-26)18-15-25(12-13-29-3)14-17(18)20(27)24(22)2;3-2(4,5)1(6)7/h4-7,17-18H,8-15H2,1-3H3,(H,23,28);(H,6,7)/t17-,18+;/m0./s1. The number of piperidine rings is 1. The normalized spacial score (nSPS) is 23.3. The number of anilines is 1. The summed E-state index contributed by atoms with van der Waals surface area (Å²) in [6, 6.07) is 7.78. The molecule has 3 amide bonds. The number of halogens is 3. The zero-order chi connectivity index (χ0) is 26.7. The molecule has 3 saturated heterocycles. The van der Waals surface area contributed by atoms with Crippen LogP contribution in [0.2, 0.25) is 0 Å². The maximum Gasteiger partial charge on any atom is 0.490 e. The fraction of sp³-hybridized carbons (Fsp3) is 0.625. The predicted octanol–water partition coefficient (Wildman–Crippen LogP) is 2.66. The van der Waals surface area contributed by atoms with Crippen LogP contribution in [0.25, 0.3) is 0 Å². The number of aliphatic carboxylic acids is 1. The Hall–Kier alpha value is -2.86. The van der Waals surface area contributed by atoms with Crippen molar-refractivity contribution in [3.8, 4) is 0 Å². The third-order valence-corrected chi connectivity index (χ3v) is 7.56. The Balaban J connectivity index is 0.000000454. The van der Waals surface area contributed by atoms with Gasteiger partial charge in [-0.3, -0.25) is 9.69 Å². The summed E-state index contributed by atoms with van der Waals surface area (Å²) in [6.07, 6.45) is -3.40. The van der Waals surface area contributed by atoms with Gasteiger partial charge in [0.2, 0.25) is 5.91 Å². The molecule has 1 aromatic rings. The molecule has 0 aromatic heterocycles. The number of likely N-dealkylation sites (tertiary alicyclic amines) is 3. The van der Waals surface area contributed by atoms with E-state index in [0.717, 1.165) is 43.7 Å². The Morgan fingerprint density at radius 2 is 1.81 bits per heavy atom. The van der Waals surface area contributed by atoms with E-state index >= 15 is 0 Å². The van der Waals surface area contributed by atoms with E-state index in [1.807, 2.05) is 48.0 Å². The van der Waals surface area contributed by atoms with Gasteiger partial charge in [0, 0.05) is 58.5 Å². The summed E-state index contributed by atoms with van der Waals surface area (Å²) in [5.74, 6) is -2.05. The highest BCUT2D eigenvalue weighted by atomic mass is 19.4. The smallest absolute Gasteiger partial charge is 0.475 e. The Morgan fingerprint density at radius 1 is 1.19 bits per heavy atom. The second-order valence-corrected chi connectivity index (χ2v) is 9.50. The summed E-state index contributed by atoms with van der Waals surface area (Å²) in [4.78, 5) is 40.9. The Labute approximate surface area is 208 Å². The van der Waals surface area contributed by atoms with Crippen molar-refractivity contribution >= 4 is 23.6 Å². The minimum Gasteiger partial charge on any atom is -0.475 e. The lowest BCUT2D eigenvalue weighted by Crippen LogP contribution is -2.57. The monoisotopic (exact) mass is 514 g/mol. The minimum atomic E-state index is -5.08. The third-order valence-electron chi connectivity index (χ3n) is 7.56. The number of nitrogens with zero attached hydrogens (tertiary/aromatic N) is 3. The molecule has 9 nitrogen and oxygen atoms in total. The Morgan fingerprint density at radius 3 is 2.36 bits per heavy atom. The molecule has 36 heavy (non-hydrogen) atoms. The highest BCUT2D eigenvalue weighted by Gasteiger charge is 2.60. The summed E-state index contributed by atoms with van der Waals surface area (Å²) in [6.45, 7) is 6.70. The van der Waals surface area contributed by atoms with Gasteiger partial charge in [-0.1, -0.05) is 18.2 Å². The summed E-state index contributed by atoms with van der Waals surface area (Å²) in [7, 11) is 3.68. The van der Waals surface area contributed by atoms with Gasteiger partial charge in [0.05, 0.1) is 18.1 Å². The number of hydrogen-bond acceptors (Lipinski definition) is 5. The van der Waals surface area contributed by atoms with Gasteiger partial charge in [-0.25, -0.2) is 9.59 Å². The summed E-state index contributed by atoms with van der Waals surface area (Å²) in [5, 5.41) is 10.2. The number of nitrogens with one attached hydrogen (secondary N) is 1. The van der Waals surface area contributed by atoms with Crippen molar-refractivity contribution in [2.45, 2.75) is 31.5 Å². The van der Waals surface area contributed by atoms with Gasteiger partial charge in [-0.15, -0.1) is 0 Å². The first-order chi connectivity index (χ1) is 16.9. The summed E-state index contributed by atoms with van der Waals surface area (Å²) < 4.78 is 37.0. The molecule has 3 heterocycles. The molecule has 3 fully saturated rings. The zero-order valence-corrected chi connectivity index (χ0v) is 20.7. The average Bonchev–Trinajstić information content (AvgIpc) is 3.34. The minimum absolute atomic E-state index is 0.0502. The maximum atomic E-state index is 12.9.